The third-order valence-corrected chi connectivity index (χ3v) is 4.48. The number of halogens is 2. The average Bonchev–Trinajstić information content (AvgIpc) is 2.64. The van der Waals surface area contributed by atoms with Crippen LogP contribution in [0.15, 0.2) is 78.9 Å². The van der Waals surface area contributed by atoms with Crippen LogP contribution in [0.4, 0.5) is 10.1 Å². The Bertz CT molecular complexity index is 900. The number of likely N-dealkylation sites (N-methyl/N-ethyl adjacent to an activating group) is 1. The van der Waals surface area contributed by atoms with E-state index in [0.29, 0.717) is 10.7 Å². The lowest BCUT2D eigenvalue weighted by molar-refractivity contribution is -0.117. The van der Waals surface area contributed by atoms with Crippen molar-refractivity contribution in [2.24, 2.45) is 0 Å². The van der Waals surface area contributed by atoms with E-state index in [2.05, 4.69) is 5.32 Å². The fourth-order valence-corrected chi connectivity index (χ4v) is 3.26. The highest BCUT2D eigenvalue weighted by Crippen LogP contribution is 2.27. The summed E-state index contributed by atoms with van der Waals surface area (Å²) in [7, 11) is 1.87. The maximum absolute atomic E-state index is 13.4. The van der Waals surface area contributed by atoms with Gasteiger partial charge < -0.3 is 5.32 Å². The highest BCUT2D eigenvalue weighted by Gasteiger charge is 2.21. The highest BCUT2D eigenvalue weighted by atomic mass is 35.5. The molecule has 3 aromatic carbocycles. The Balaban J connectivity index is 1.79. The molecule has 27 heavy (non-hydrogen) atoms. The van der Waals surface area contributed by atoms with Gasteiger partial charge in [0.25, 0.3) is 0 Å². The molecule has 0 fully saturated rings. The van der Waals surface area contributed by atoms with Gasteiger partial charge in [-0.15, -0.1) is 0 Å². The molecule has 0 spiro atoms. The molecule has 0 bridgehead atoms. The van der Waals surface area contributed by atoms with Crippen LogP contribution in [0.25, 0.3) is 0 Å². The molecule has 0 aliphatic carbocycles. The maximum atomic E-state index is 13.4. The van der Waals surface area contributed by atoms with Crippen LogP contribution in [0.3, 0.4) is 0 Å². The van der Waals surface area contributed by atoms with Gasteiger partial charge in [-0.05, 0) is 48.5 Å². The molecule has 0 heterocycles. The summed E-state index contributed by atoms with van der Waals surface area (Å²) in [5.41, 5.74) is 2.60. The minimum atomic E-state index is -0.285. The largest absolute Gasteiger partial charge is 0.325 e. The Labute approximate surface area is 163 Å². The van der Waals surface area contributed by atoms with E-state index in [4.69, 9.17) is 11.6 Å². The molecule has 0 aliphatic rings. The Morgan fingerprint density at radius 3 is 2.33 bits per heavy atom. The third kappa shape index (κ3) is 5.16. The van der Waals surface area contributed by atoms with E-state index in [-0.39, 0.29) is 24.3 Å². The van der Waals surface area contributed by atoms with Crippen LogP contribution in [0.5, 0.6) is 0 Å². The van der Waals surface area contributed by atoms with Gasteiger partial charge in [-0.3, -0.25) is 9.69 Å². The second-order valence-electron chi connectivity index (χ2n) is 6.34. The summed E-state index contributed by atoms with van der Waals surface area (Å²) in [6.07, 6.45) is 0. The quantitative estimate of drug-likeness (QED) is 0.640. The van der Waals surface area contributed by atoms with Gasteiger partial charge in [0.1, 0.15) is 5.82 Å². The first-order valence-corrected chi connectivity index (χ1v) is 8.97. The van der Waals surface area contributed by atoms with Crippen molar-refractivity contribution in [2.45, 2.75) is 6.04 Å². The lowest BCUT2D eigenvalue weighted by Gasteiger charge is -2.28. The molecular weight excluding hydrogens is 363 g/mol. The van der Waals surface area contributed by atoms with E-state index in [1.54, 1.807) is 36.4 Å². The van der Waals surface area contributed by atoms with Crippen LogP contribution in [-0.2, 0) is 4.79 Å². The van der Waals surface area contributed by atoms with Gasteiger partial charge in [0.15, 0.2) is 0 Å². The molecule has 3 nitrogen and oxygen atoms in total. The van der Waals surface area contributed by atoms with Gasteiger partial charge in [0.05, 0.1) is 12.6 Å². The topological polar surface area (TPSA) is 32.3 Å². The van der Waals surface area contributed by atoms with E-state index >= 15 is 0 Å². The molecule has 0 radical (unpaired) electrons. The van der Waals surface area contributed by atoms with Crippen molar-refractivity contribution in [1.82, 2.24) is 4.90 Å². The Morgan fingerprint density at radius 2 is 1.67 bits per heavy atom. The first kappa shape index (κ1) is 19.1. The predicted molar refractivity (Wildman–Crippen MR) is 107 cm³/mol. The van der Waals surface area contributed by atoms with Crippen LogP contribution in [0, 0.1) is 5.82 Å². The van der Waals surface area contributed by atoms with Crippen LogP contribution in [0.2, 0.25) is 5.02 Å². The smallest absolute Gasteiger partial charge is 0.238 e. The zero-order valence-electron chi connectivity index (χ0n) is 14.9. The third-order valence-electron chi connectivity index (χ3n) is 4.24. The number of nitrogens with zero attached hydrogens (tertiary/aromatic N) is 1. The van der Waals surface area contributed by atoms with Crippen molar-refractivity contribution in [3.63, 3.8) is 0 Å². The number of anilines is 1. The first-order chi connectivity index (χ1) is 13.0. The SMILES string of the molecule is CN(CC(=O)Nc1cccc(Cl)c1)C(c1ccccc1)c1ccc(F)cc1. The van der Waals surface area contributed by atoms with Crippen molar-refractivity contribution in [2.75, 3.05) is 18.9 Å². The summed E-state index contributed by atoms with van der Waals surface area (Å²) in [5.74, 6) is -0.435. The molecule has 3 aromatic rings. The second-order valence-corrected chi connectivity index (χ2v) is 6.77. The zero-order chi connectivity index (χ0) is 19.2. The second kappa shape index (κ2) is 8.80. The molecule has 1 atom stereocenters. The summed E-state index contributed by atoms with van der Waals surface area (Å²) in [4.78, 5) is 14.4. The Kier molecular flexibility index (Phi) is 6.22. The summed E-state index contributed by atoms with van der Waals surface area (Å²) in [6.45, 7) is 0.170. The minimum Gasteiger partial charge on any atom is -0.325 e. The van der Waals surface area contributed by atoms with E-state index in [0.717, 1.165) is 11.1 Å². The van der Waals surface area contributed by atoms with Gasteiger partial charge in [-0.25, -0.2) is 4.39 Å². The van der Waals surface area contributed by atoms with Gasteiger partial charge in [0, 0.05) is 10.7 Å². The van der Waals surface area contributed by atoms with Crippen molar-refractivity contribution in [1.29, 1.82) is 0 Å². The summed E-state index contributed by atoms with van der Waals surface area (Å²) in [6, 6.07) is 23.1. The number of rotatable bonds is 6. The number of benzene rings is 3. The minimum absolute atomic E-state index is 0.150. The number of hydrogen-bond acceptors (Lipinski definition) is 2. The summed E-state index contributed by atoms with van der Waals surface area (Å²) >= 11 is 5.96. The predicted octanol–water partition coefficient (Wildman–Crippen LogP) is 5.14. The molecule has 1 N–H and O–H groups in total. The van der Waals surface area contributed by atoms with E-state index < -0.39 is 0 Å². The normalized spacial score (nSPS) is 12.0. The number of carbonyl (C=O) groups excluding carboxylic acids is 1. The fraction of sp³-hybridized carbons (Fsp3) is 0.136. The van der Waals surface area contributed by atoms with E-state index in [9.17, 15) is 9.18 Å². The molecule has 1 unspecified atom stereocenters. The van der Waals surface area contributed by atoms with Gasteiger partial charge in [-0.1, -0.05) is 60.1 Å². The number of hydrogen-bond donors (Lipinski definition) is 1. The molecule has 0 aliphatic heterocycles. The highest BCUT2D eigenvalue weighted by molar-refractivity contribution is 6.30. The van der Waals surface area contributed by atoms with Gasteiger partial charge in [0.2, 0.25) is 5.91 Å². The van der Waals surface area contributed by atoms with Crippen molar-refractivity contribution in [3.8, 4) is 0 Å². The molecule has 5 heteroatoms. The molecule has 1 amide bonds. The molecule has 0 saturated heterocycles. The fourth-order valence-electron chi connectivity index (χ4n) is 3.07. The van der Waals surface area contributed by atoms with Gasteiger partial charge in [-0.2, -0.15) is 0 Å². The molecule has 3 rings (SSSR count). The zero-order valence-corrected chi connectivity index (χ0v) is 15.7. The summed E-state index contributed by atoms with van der Waals surface area (Å²) in [5, 5.41) is 3.42. The molecule has 0 saturated carbocycles. The van der Waals surface area contributed by atoms with Crippen molar-refractivity contribution >= 4 is 23.2 Å². The van der Waals surface area contributed by atoms with E-state index in [1.165, 1.54) is 12.1 Å². The van der Waals surface area contributed by atoms with Gasteiger partial charge >= 0.3 is 0 Å². The monoisotopic (exact) mass is 382 g/mol. The standard InChI is InChI=1S/C22H20ClFN2O/c1-26(15-21(27)25-20-9-5-8-18(23)14-20)22(16-6-3-2-4-7-16)17-10-12-19(24)13-11-17/h2-14,22H,15H2,1H3,(H,25,27). The Morgan fingerprint density at radius 1 is 1.00 bits per heavy atom. The number of nitrogens with one attached hydrogen (secondary N) is 1. The summed E-state index contributed by atoms with van der Waals surface area (Å²) < 4.78 is 13.4. The molecular formula is C22H20ClFN2O. The van der Waals surface area contributed by atoms with Crippen LogP contribution in [0.1, 0.15) is 17.2 Å². The first-order valence-electron chi connectivity index (χ1n) is 8.59. The number of carbonyl (C=O) groups is 1. The Hall–Kier alpha value is -2.69. The van der Waals surface area contributed by atoms with Crippen LogP contribution < -0.4 is 5.32 Å². The lowest BCUT2D eigenvalue weighted by Crippen LogP contribution is -2.34. The molecule has 0 aromatic heterocycles. The average molecular weight is 383 g/mol. The number of amides is 1. The van der Waals surface area contributed by atoms with Crippen molar-refractivity contribution < 1.29 is 9.18 Å². The lowest BCUT2D eigenvalue weighted by atomic mass is 9.97. The maximum Gasteiger partial charge on any atom is 0.238 e. The van der Waals surface area contributed by atoms with E-state index in [1.807, 2.05) is 42.3 Å². The van der Waals surface area contributed by atoms with Crippen LogP contribution in [-0.4, -0.2) is 24.4 Å². The molecule has 138 valence electrons. The van der Waals surface area contributed by atoms with Crippen molar-refractivity contribution in [3.05, 3.63) is 101 Å². The van der Waals surface area contributed by atoms with Crippen LogP contribution >= 0.6 is 11.6 Å².